The number of aromatic amines is 1. The molecule has 0 saturated carbocycles. The highest BCUT2D eigenvalue weighted by molar-refractivity contribution is 5.89. The van der Waals surface area contributed by atoms with Crippen LogP contribution in [0.3, 0.4) is 0 Å². The maximum atomic E-state index is 11.4. The van der Waals surface area contributed by atoms with E-state index in [0.717, 1.165) is 0 Å². The van der Waals surface area contributed by atoms with Crippen LogP contribution in [-0.2, 0) is 18.3 Å². The molecule has 0 unspecified atom stereocenters. The molecule has 15 heavy (non-hydrogen) atoms. The monoisotopic (exact) mass is 208 g/mol. The van der Waals surface area contributed by atoms with Crippen LogP contribution < -0.4 is 5.32 Å². The van der Waals surface area contributed by atoms with Crippen molar-refractivity contribution in [1.82, 2.24) is 35.4 Å². The van der Waals surface area contributed by atoms with Crippen molar-refractivity contribution in [3.8, 4) is 0 Å². The normalized spacial score (nSPS) is 10.2. The summed E-state index contributed by atoms with van der Waals surface area (Å²) in [5, 5.41) is 19.3. The molecule has 9 nitrogen and oxygen atoms in total. The minimum absolute atomic E-state index is 0.0875. The van der Waals surface area contributed by atoms with Crippen LogP contribution in [0.15, 0.2) is 6.33 Å². The van der Waals surface area contributed by atoms with Gasteiger partial charge in [0, 0.05) is 7.05 Å². The van der Waals surface area contributed by atoms with Crippen LogP contribution >= 0.6 is 0 Å². The van der Waals surface area contributed by atoms with Gasteiger partial charge in [-0.3, -0.25) is 10.1 Å². The Bertz CT molecular complexity index is 445. The van der Waals surface area contributed by atoms with Crippen molar-refractivity contribution >= 4 is 11.9 Å². The zero-order valence-electron chi connectivity index (χ0n) is 7.88. The van der Waals surface area contributed by atoms with Gasteiger partial charge in [-0.1, -0.05) is 0 Å². The summed E-state index contributed by atoms with van der Waals surface area (Å²) in [5.74, 6) is 0.520. The zero-order valence-corrected chi connectivity index (χ0v) is 7.88. The van der Waals surface area contributed by atoms with Gasteiger partial charge in [0.1, 0.15) is 6.33 Å². The Labute approximate surface area is 83.9 Å². The highest BCUT2D eigenvalue weighted by atomic mass is 16.1. The van der Waals surface area contributed by atoms with Gasteiger partial charge in [0.15, 0.2) is 5.82 Å². The second kappa shape index (κ2) is 3.82. The summed E-state index contributed by atoms with van der Waals surface area (Å²) in [7, 11) is 1.66. The van der Waals surface area contributed by atoms with Crippen molar-refractivity contribution in [2.75, 3.05) is 5.32 Å². The van der Waals surface area contributed by atoms with E-state index in [-0.39, 0.29) is 12.3 Å². The molecule has 0 fully saturated rings. The first-order valence-corrected chi connectivity index (χ1v) is 4.12. The molecule has 0 aliphatic carbocycles. The number of amides is 1. The fourth-order valence-corrected chi connectivity index (χ4v) is 0.983. The molecule has 0 aliphatic heterocycles. The van der Waals surface area contributed by atoms with Gasteiger partial charge in [-0.25, -0.2) is 9.78 Å². The quantitative estimate of drug-likeness (QED) is 0.635. The number of aromatic nitrogens is 7. The molecule has 2 rings (SSSR count). The van der Waals surface area contributed by atoms with Crippen LogP contribution in [0, 0.1) is 0 Å². The minimum atomic E-state index is -0.260. The lowest BCUT2D eigenvalue weighted by Gasteiger charge is -1.99. The number of hydrogen-bond donors (Lipinski definition) is 2. The predicted octanol–water partition coefficient (Wildman–Crippen LogP) is -1.49. The number of H-pyrrole nitrogens is 1. The topological polar surface area (TPSA) is 114 Å². The third kappa shape index (κ3) is 2.13. The summed E-state index contributed by atoms with van der Waals surface area (Å²) in [6.45, 7) is 0. The van der Waals surface area contributed by atoms with Crippen molar-refractivity contribution in [2.24, 2.45) is 7.05 Å². The lowest BCUT2D eigenvalue weighted by Crippen LogP contribution is -2.17. The van der Waals surface area contributed by atoms with E-state index >= 15 is 0 Å². The van der Waals surface area contributed by atoms with Crippen LogP contribution in [0.2, 0.25) is 0 Å². The van der Waals surface area contributed by atoms with Crippen LogP contribution in [0.25, 0.3) is 0 Å². The fourth-order valence-electron chi connectivity index (χ4n) is 0.983. The van der Waals surface area contributed by atoms with Crippen molar-refractivity contribution in [1.29, 1.82) is 0 Å². The molecule has 1 amide bonds. The van der Waals surface area contributed by atoms with Crippen LogP contribution in [0.4, 0.5) is 5.95 Å². The van der Waals surface area contributed by atoms with Gasteiger partial charge in [-0.2, -0.15) is 10.1 Å². The van der Waals surface area contributed by atoms with Crippen LogP contribution in [0.5, 0.6) is 0 Å². The molecular weight excluding hydrogens is 200 g/mol. The van der Waals surface area contributed by atoms with E-state index in [4.69, 9.17) is 0 Å². The summed E-state index contributed by atoms with van der Waals surface area (Å²) < 4.78 is 1.43. The summed E-state index contributed by atoms with van der Waals surface area (Å²) in [6, 6.07) is 0. The lowest BCUT2D eigenvalue weighted by atomic mass is 10.4. The van der Waals surface area contributed by atoms with Gasteiger partial charge < -0.3 is 0 Å². The van der Waals surface area contributed by atoms with Gasteiger partial charge in [-0.15, -0.1) is 5.10 Å². The van der Waals surface area contributed by atoms with Crippen LogP contribution in [0.1, 0.15) is 5.82 Å². The Hall–Kier alpha value is -2.32. The Morgan fingerprint density at radius 2 is 2.53 bits per heavy atom. The van der Waals surface area contributed by atoms with Crippen molar-refractivity contribution in [3.05, 3.63) is 12.2 Å². The largest absolute Gasteiger partial charge is 0.295 e. The second-order valence-corrected chi connectivity index (χ2v) is 2.78. The molecule has 2 aromatic heterocycles. The number of hydrogen-bond acceptors (Lipinski definition) is 6. The molecule has 2 aromatic rings. The fraction of sp³-hybridized carbons (Fsp3) is 0.333. The molecule has 0 spiro atoms. The number of aryl methyl sites for hydroxylation is 1. The molecule has 0 aliphatic rings. The minimum Gasteiger partial charge on any atom is -0.295 e. The zero-order chi connectivity index (χ0) is 10.7. The molecule has 2 heterocycles. The van der Waals surface area contributed by atoms with Gasteiger partial charge in [-0.05, 0) is 10.4 Å². The third-order valence-corrected chi connectivity index (χ3v) is 1.70. The molecular formula is C6H8N8O. The van der Waals surface area contributed by atoms with Gasteiger partial charge in [0.05, 0.1) is 6.42 Å². The molecule has 0 aromatic carbocycles. The Morgan fingerprint density at radius 3 is 3.13 bits per heavy atom. The molecule has 0 bridgehead atoms. The van der Waals surface area contributed by atoms with Gasteiger partial charge >= 0.3 is 0 Å². The van der Waals surface area contributed by atoms with Gasteiger partial charge in [0.25, 0.3) is 0 Å². The number of tetrazole rings is 1. The molecule has 0 radical (unpaired) electrons. The van der Waals surface area contributed by atoms with Gasteiger partial charge in [0.2, 0.25) is 11.9 Å². The SMILES string of the molecule is Cn1nnnc1CC(=O)Nc1ncn[nH]1. The number of rotatable bonds is 3. The van der Waals surface area contributed by atoms with E-state index in [1.807, 2.05) is 0 Å². The highest BCUT2D eigenvalue weighted by Crippen LogP contribution is 1.96. The van der Waals surface area contributed by atoms with E-state index in [0.29, 0.717) is 11.8 Å². The average Bonchev–Trinajstić information content (AvgIpc) is 2.79. The van der Waals surface area contributed by atoms with E-state index in [1.165, 1.54) is 11.0 Å². The van der Waals surface area contributed by atoms with Crippen LogP contribution in [-0.4, -0.2) is 41.3 Å². The standard InChI is InChI=1S/C6H8N8O/c1-14-4(10-12-13-14)2-5(15)9-6-7-3-8-11-6/h3H,2H2,1H3,(H2,7,8,9,11,15). The van der Waals surface area contributed by atoms with E-state index < -0.39 is 0 Å². The molecule has 78 valence electrons. The summed E-state index contributed by atoms with van der Waals surface area (Å²) in [6.07, 6.45) is 1.39. The number of carbonyl (C=O) groups excluding carboxylic acids is 1. The molecule has 0 atom stereocenters. The second-order valence-electron chi connectivity index (χ2n) is 2.78. The summed E-state index contributed by atoms with van der Waals surface area (Å²) in [4.78, 5) is 15.2. The Kier molecular flexibility index (Phi) is 2.35. The highest BCUT2D eigenvalue weighted by Gasteiger charge is 2.10. The summed E-state index contributed by atoms with van der Waals surface area (Å²) in [5.41, 5.74) is 0. The molecule has 2 N–H and O–H groups in total. The van der Waals surface area contributed by atoms with Crippen molar-refractivity contribution < 1.29 is 4.79 Å². The maximum Gasteiger partial charge on any atom is 0.234 e. The predicted molar refractivity (Wildman–Crippen MR) is 47.5 cm³/mol. The van der Waals surface area contributed by atoms with E-state index in [1.54, 1.807) is 7.05 Å². The lowest BCUT2D eigenvalue weighted by molar-refractivity contribution is -0.115. The number of nitrogens with zero attached hydrogens (tertiary/aromatic N) is 6. The van der Waals surface area contributed by atoms with E-state index in [2.05, 4.69) is 36.0 Å². The number of nitrogens with one attached hydrogen (secondary N) is 2. The number of carbonyl (C=O) groups is 1. The third-order valence-electron chi connectivity index (χ3n) is 1.70. The maximum absolute atomic E-state index is 11.4. The first kappa shape index (κ1) is 9.24. The Balaban J connectivity index is 1.96. The summed E-state index contributed by atoms with van der Waals surface area (Å²) >= 11 is 0. The molecule has 0 saturated heterocycles. The van der Waals surface area contributed by atoms with E-state index in [9.17, 15) is 4.79 Å². The first-order valence-electron chi connectivity index (χ1n) is 4.12. The Morgan fingerprint density at radius 1 is 1.67 bits per heavy atom. The first-order chi connectivity index (χ1) is 7.25. The average molecular weight is 208 g/mol. The van der Waals surface area contributed by atoms with Crippen molar-refractivity contribution in [3.63, 3.8) is 0 Å². The molecule has 9 heteroatoms. The smallest absolute Gasteiger partial charge is 0.234 e. The number of anilines is 1. The van der Waals surface area contributed by atoms with Crippen molar-refractivity contribution in [2.45, 2.75) is 6.42 Å².